The zero-order valence-electron chi connectivity index (χ0n) is 63.5. The van der Waals surface area contributed by atoms with Crippen LogP contribution in [-0.4, -0.2) is 96.7 Å². The predicted molar refractivity (Wildman–Crippen MR) is 395 cm³/mol. The molecule has 97 heavy (non-hydrogen) atoms. The number of phosphoric ester groups is 2. The number of carbonyl (C=O) groups is 4. The smallest absolute Gasteiger partial charge is 0.462 e. The molecule has 0 spiro atoms. The van der Waals surface area contributed by atoms with Crippen molar-refractivity contribution in [3.8, 4) is 0 Å². The minimum absolute atomic E-state index is 0.102. The van der Waals surface area contributed by atoms with Gasteiger partial charge in [0.1, 0.15) is 19.3 Å². The predicted octanol–water partition coefficient (Wildman–Crippen LogP) is 23.0. The Morgan fingerprint density at radius 2 is 0.526 bits per heavy atom. The zero-order chi connectivity index (χ0) is 71.6. The van der Waals surface area contributed by atoms with Gasteiger partial charge in [-0.2, -0.15) is 0 Å². The molecule has 0 aromatic carbocycles. The summed E-state index contributed by atoms with van der Waals surface area (Å²) in [6, 6.07) is 0. The lowest BCUT2D eigenvalue weighted by molar-refractivity contribution is -0.161. The Morgan fingerprint density at radius 3 is 0.784 bits per heavy atom. The van der Waals surface area contributed by atoms with E-state index in [0.717, 1.165) is 114 Å². The van der Waals surface area contributed by atoms with Crippen LogP contribution in [0, 0.1) is 17.8 Å². The molecule has 576 valence electrons. The summed E-state index contributed by atoms with van der Waals surface area (Å²) in [7, 11) is -9.91. The molecule has 0 aromatic rings. The average Bonchev–Trinajstić information content (AvgIpc) is 1.21. The van der Waals surface area contributed by atoms with E-state index >= 15 is 0 Å². The lowest BCUT2D eigenvalue weighted by Crippen LogP contribution is -2.30. The second-order valence-electron chi connectivity index (χ2n) is 29.1. The highest BCUT2D eigenvalue weighted by Crippen LogP contribution is 2.45. The minimum atomic E-state index is -4.96. The molecule has 0 aromatic heterocycles. The average molecular weight is 1420 g/mol. The van der Waals surface area contributed by atoms with Crippen molar-refractivity contribution >= 4 is 39.5 Å². The van der Waals surface area contributed by atoms with Gasteiger partial charge < -0.3 is 33.8 Å². The Morgan fingerprint density at radius 1 is 0.299 bits per heavy atom. The number of phosphoric acid groups is 2. The number of rotatable bonds is 76. The topological polar surface area (TPSA) is 237 Å². The number of esters is 4. The lowest BCUT2D eigenvalue weighted by Gasteiger charge is -2.21. The van der Waals surface area contributed by atoms with Crippen molar-refractivity contribution in [2.75, 3.05) is 39.6 Å². The first-order valence-electron chi connectivity index (χ1n) is 40.4. The summed E-state index contributed by atoms with van der Waals surface area (Å²) in [5.41, 5.74) is 0. The molecular formula is C78H152O17P2. The molecule has 0 saturated heterocycles. The van der Waals surface area contributed by atoms with Crippen LogP contribution in [0.3, 0.4) is 0 Å². The Bertz CT molecular complexity index is 1890. The molecule has 0 amide bonds. The molecule has 0 heterocycles. The van der Waals surface area contributed by atoms with Crippen molar-refractivity contribution in [1.82, 2.24) is 0 Å². The standard InChI is InChI=1S/C78H152O17P2/c1-8-11-12-13-14-15-16-17-18-24-27-30-33-36-45-52-59-75(80)88-65-73(94-77(82)61-54-47-37-34-31-28-25-22-20-19-21-23-26-29-32-35-42-49-56-69(4)5)67-92-96(84,85)90-63-72(79)64-91-97(86,87)93-68-74(95-78(83)62-55-48-41-39-44-51-58-71(7)10-3)66-89-76(81)60-53-46-40-38-43-50-57-70(6)9-2/h69-74,79H,8-68H2,1-7H3,(H,84,85)(H,86,87)/t70?,71?,72-,73-,74-/m1/s1. The van der Waals surface area contributed by atoms with Crippen LogP contribution >= 0.6 is 15.6 Å². The molecule has 4 unspecified atom stereocenters. The Balaban J connectivity index is 5.21. The maximum atomic E-state index is 13.1. The number of hydrogen-bond acceptors (Lipinski definition) is 15. The van der Waals surface area contributed by atoms with Crippen molar-refractivity contribution in [2.24, 2.45) is 17.8 Å². The third-order valence-electron chi connectivity index (χ3n) is 18.9. The molecule has 7 atom stereocenters. The SMILES string of the molecule is CCCCCCCCCCCCCCCCCCC(=O)OC[C@H](COP(=O)(O)OC[C@@H](O)COP(=O)(O)OC[C@@H](COC(=O)CCCCCCCCC(C)CC)OC(=O)CCCCCCCCC(C)CC)OC(=O)CCCCCCCCCCCCCCCCCCCCC(C)C. The Labute approximate surface area is 594 Å². The number of aliphatic hydroxyl groups excluding tert-OH is 1. The summed E-state index contributed by atoms with van der Waals surface area (Å²) in [4.78, 5) is 72.8. The van der Waals surface area contributed by atoms with E-state index in [1.54, 1.807) is 0 Å². The lowest BCUT2D eigenvalue weighted by atomic mass is 10.00. The van der Waals surface area contributed by atoms with Crippen LogP contribution in [0.5, 0.6) is 0 Å². The minimum Gasteiger partial charge on any atom is -0.462 e. The Hall–Kier alpha value is -1.94. The summed E-state index contributed by atoms with van der Waals surface area (Å²) in [5.74, 6) is 0.152. The monoisotopic (exact) mass is 1420 g/mol. The number of carbonyl (C=O) groups excluding carboxylic acids is 4. The van der Waals surface area contributed by atoms with Crippen molar-refractivity contribution < 1.29 is 80.2 Å². The molecule has 0 bridgehead atoms. The largest absolute Gasteiger partial charge is 0.472 e. The normalized spacial score (nSPS) is 14.6. The molecule has 0 rings (SSSR count). The fraction of sp³-hybridized carbons (Fsp3) is 0.949. The van der Waals surface area contributed by atoms with Gasteiger partial charge in [-0.05, 0) is 43.4 Å². The van der Waals surface area contributed by atoms with Gasteiger partial charge in [-0.3, -0.25) is 37.3 Å². The van der Waals surface area contributed by atoms with Crippen molar-refractivity contribution in [3.05, 3.63) is 0 Å². The van der Waals surface area contributed by atoms with E-state index < -0.39 is 97.5 Å². The molecule has 0 aliphatic heterocycles. The summed E-state index contributed by atoms with van der Waals surface area (Å²) in [6.45, 7) is 11.9. The fourth-order valence-electron chi connectivity index (χ4n) is 11.9. The molecule has 3 N–H and O–H groups in total. The summed E-state index contributed by atoms with van der Waals surface area (Å²) >= 11 is 0. The molecule has 17 nitrogen and oxygen atoms in total. The highest BCUT2D eigenvalue weighted by atomic mass is 31.2. The number of hydrogen-bond donors (Lipinski definition) is 3. The number of unbranched alkanes of at least 4 members (excludes halogenated alkanes) is 42. The first-order valence-corrected chi connectivity index (χ1v) is 43.4. The summed E-state index contributed by atoms with van der Waals surface area (Å²) in [6.07, 6.45) is 55.7. The van der Waals surface area contributed by atoms with Gasteiger partial charge >= 0.3 is 39.5 Å². The van der Waals surface area contributed by atoms with Crippen LogP contribution in [0.15, 0.2) is 0 Å². The van der Waals surface area contributed by atoms with Gasteiger partial charge in [0.05, 0.1) is 26.4 Å². The van der Waals surface area contributed by atoms with Crippen LogP contribution in [-0.2, 0) is 65.4 Å². The van der Waals surface area contributed by atoms with Gasteiger partial charge in [0, 0.05) is 25.7 Å². The Kier molecular flexibility index (Phi) is 67.1. The molecule has 0 saturated carbocycles. The van der Waals surface area contributed by atoms with Crippen molar-refractivity contribution in [3.63, 3.8) is 0 Å². The van der Waals surface area contributed by atoms with Crippen molar-refractivity contribution in [2.45, 2.75) is 420 Å². The third-order valence-corrected chi connectivity index (χ3v) is 20.8. The first-order chi connectivity index (χ1) is 46.8. The quantitative estimate of drug-likeness (QED) is 0.0222. The molecule has 0 aliphatic carbocycles. The molecule has 0 aliphatic rings. The van der Waals surface area contributed by atoms with Gasteiger partial charge in [0.25, 0.3) is 0 Å². The molecule has 19 heteroatoms. The van der Waals surface area contributed by atoms with Crippen LogP contribution < -0.4 is 0 Å². The van der Waals surface area contributed by atoms with E-state index in [9.17, 15) is 43.2 Å². The van der Waals surface area contributed by atoms with Crippen LogP contribution in [0.2, 0.25) is 0 Å². The van der Waals surface area contributed by atoms with Gasteiger partial charge in [0.2, 0.25) is 0 Å². The molecule has 0 fully saturated rings. The second-order valence-corrected chi connectivity index (χ2v) is 32.0. The van der Waals surface area contributed by atoms with Gasteiger partial charge in [0.15, 0.2) is 12.2 Å². The fourth-order valence-corrected chi connectivity index (χ4v) is 13.5. The van der Waals surface area contributed by atoms with Gasteiger partial charge in [-0.25, -0.2) is 9.13 Å². The van der Waals surface area contributed by atoms with E-state index in [1.165, 1.54) is 205 Å². The first kappa shape index (κ1) is 95.1. The zero-order valence-corrected chi connectivity index (χ0v) is 65.3. The highest BCUT2D eigenvalue weighted by molar-refractivity contribution is 7.47. The maximum Gasteiger partial charge on any atom is 0.472 e. The highest BCUT2D eigenvalue weighted by Gasteiger charge is 2.30. The van der Waals surface area contributed by atoms with E-state index in [2.05, 4.69) is 48.5 Å². The van der Waals surface area contributed by atoms with E-state index in [1.807, 2.05) is 0 Å². The van der Waals surface area contributed by atoms with E-state index in [-0.39, 0.29) is 25.7 Å². The van der Waals surface area contributed by atoms with Gasteiger partial charge in [-0.1, -0.05) is 350 Å². The van der Waals surface area contributed by atoms with Crippen molar-refractivity contribution in [1.29, 1.82) is 0 Å². The summed E-state index contributed by atoms with van der Waals surface area (Å²) < 4.78 is 68.5. The van der Waals surface area contributed by atoms with Crippen LogP contribution in [0.25, 0.3) is 0 Å². The second kappa shape index (κ2) is 68.5. The van der Waals surface area contributed by atoms with E-state index in [4.69, 9.17) is 37.0 Å². The van der Waals surface area contributed by atoms with Crippen LogP contribution in [0.4, 0.5) is 0 Å². The number of ether oxygens (including phenoxy) is 4. The molecular weight excluding hydrogens is 1270 g/mol. The summed E-state index contributed by atoms with van der Waals surface area (Å²) in [5, 5.41) is 10.6. The van der Waals surface area contributed by atoms with Gasteiger partial charge in [-0.15, -0.1) is 0 Å². The van der Waals surface area contributed by atoms with Crippen LogP contribution in [0.1, 0.15) is 402 Å². The van der Waals surface area contributed by atoms with E-state index in [0.29, 0.717) is 25.7 Å². The molecule has 0 radical (unpaired) electrons. The third kappa shape index (κ3) is 69.5. The maximum absolute atomic E-state index is 13.1. The number of aliphatic hydroxyl groups is 1.